The van der Waals surface area contributed by atoms with E-state index in [2.05, 4.69) is 4.98 Å². The van der Waals surface area contributed by atoms with Gasteiger partial charge in [-0.25, -0.2) is 9.37 Å². The van der Waals surface area contributed by atoms with Crippen molar-refractivity contribution in [3.05, 3.63) is 40.8 Å². The van der Waals surface area contributed by atoms with Gasteiger partial charge in [0.25, 0.3) is 5.91 Å². The molecule has 1 aromatic carbocycles. The number of amides is 1. The normalized spacial score (nSPS) is 20.7. The van der Waals surface area contributed by atoms with Crippen molar-refractivity contribution in [1.29, 1.82) is 0 Å². The molecule has 0 radical (unpaired) electrons. The van der Waals surface area contributed by atoms with Crippen LogP contribution in [0, 0.1) is 12.7 Å². The Morgan fingerprint density at radius 3 is 2.80 bits per heavy atom. The van der Waals surface area contributed by atoms with E-state index < -0.39 is 0 Å². The van der Waals surface area contributed by atoms with Crippen molar-refractivity contribution >= 4 is 17.2 Å². The predicted octanol–water partition coefficient (Wildman–Crippen LogP) is 2.84. The first-order chi connectivity index (χ1) is 12.0. The lowest BCUT2D eigenvalue weighted by molar-refractivity contribution is -0.00897. The van der Waals surface area contributed by atoms with Crippen LogP contribution in [0.3, 0.4) is 0 Å². The van der Waals surface area contributed by atoms with Crippen LogP contribution < -0.4 is 5.73 Å². The van der Waals surface area contributed by atoms with Crippen LogP contribution in [0.15, 0.2) is 24.3 Å². The van der Waals surface area contributed by atoms with Crippen LogP contribution in [0.2, 0.25) is 0 Å². The number of piperidine rings is 1. The zero-order valence-electron chi connectivity index (χ0n) is 14.4. The summed E-state index contributed by atoms with van der Waals surface area (Å²) in [6.45, 7) is 2.85. The highest BCUT2D eigenvalue weighted by molar-refractivity contribution is 7.15. The molecule has 2 aromatic rings. The Kier molecular flexibility index (Phi) is 5.46. The number of nitrogens with zero attached hydrogens (tertiary/aromatic N) is 2. The third-order valence-electron chi connectivity index (χ3n) is 4.57. The summed E-state index contributed by atoms with van der Waals surface area (Å²) < 4.78 is 18.7. The number of likely N-dealkylation sites (tertiary alicyclic amines) is 1. The van der Waals surface area contributed by atoms with Gasteiger partial charge in [-0.15, -0.1) is 11.3 Å². The molecule has 1 fully saturated rings. The molecule has 134 valence electrons. The highest BCUT2D eigenvalue weighted by atomic mass is 32.1. The summed E-state index contributed by atoms with van der Waals surface area (Å²) in [6.07, 6.45) is 1.70. The van der Waals surface area contributed by atoms with E-state index in [1.165, 1.54) is 23.5 Å². The fourth-order valence-corrected chi connectivity index (χ4v) is 4.25. The number of thiazole rings is 1. The van der Waals surface area contributed by atoms with Gasteiger partial charge in [-0.3, -0.25) is 4.79 Å². The van der Waals surface area contributed by atoms with Crippen molar-refractivity contribution in [2.45, 2.75) is 31.9 Å². The summed E-state index contributed by atoms with van der Waals surface area (Å²) in [5.41, 5.74) is 7.11. The first kappa shape index (κ1) is 18.0. The molecule has 2 atom stereocenters. The maximum atomic E-state index is 13.2. The molecule has 0 bridgehead atoms. The lowest BCUT2D eigenvalue weighted by atomic mass is 9.98. The lowest BCUT2D eigenvalue weighted by Gasteiger charge is -2.39. The van der Waals surface area contributed by atoms with Gasteiger partial charge in [0.1, 0.15) is 11.5 Å². The Balaban J connectivity index is 1.96. The Labute approximate surface area is 150 Å². The highest BCUT2D eigenvalue weighted by Crippen LogP contribution is 2.32. The van der Waals surface area contributed by atoms with Gasteiger partial charge in [0.05, 0.1) is 22.0 Å². The highest BCUT2D eigenvalue weighted by Gasteiger charge is 2.35. The predicted molar refractivity (Wildman–Crippen MR) is 96.2 cm³/mol. The second-order valence-electron chi connectivity index (χ2n) is 6.14. The summed E-state index contributed by atoms with van der Waals surface area (Å²) in [5, 5.41) is 0.798. The quantitative estimate of drug-likeness (QED) is 0.907. The van der Waals surface area contributed by atoms with Crippen LogP contribution in [0.25, 0.3) is 10.4 Å². The number of nitrogens with two attached hydrogens (primary N) is 1. The van der Waals surface area contributed by atoms with Gasteiger partial charge < -0.3 is 15.4 Å². The zero-order valence-corrected chi connectivity index (χ0v) is 15.2. The molecule has 0 saturated carbocycles. The number of hydrogen-bond donors (Lipinski definition) is 1. The SMILES string of the molecule is COC1CCCN(C(=O)c2nc(C)sc2-c2ccc(F)cc2)C1CN. The van der Waals surface area contributed by atoms with Gasteiger partial charge in [-0.2, -0.15) is 0 Å². The Bertz CT molecular complexity index is 747. The Morgan fingerprint density at radius 2 is 2.16 bits per heavy atom. The molecule has 7 heteroatoms. The molecule has 25 heavy (non-hydrogen) atoms. The maximum absolute atomic E-state index is 13.2. The van der Waals surface area contributed by atoms with E-state index >= 15 is 0 Å². The van der Waals surface area contributed by atoms with E-state index in [9.17, 15) is 9.18 Å². The minimum Gasteiger partial charge on any atom is -0.379 e. The molecule has 0 spiro atoms. The number of halogens is 1. The number of hydrogen-bond acceptors (Lipinski definition) is 5. The first-order valence-corrected chi connectivity index (χ1v) is 9.14. The number of aromatic nitrogens is 1. The number of carbonyl (C=O) groups is 1. The summed E-state index contributed by atoms with van der Waals surface area (Å²) in [7, 11) is 1.65. The summed E-state index contributed by atoms with van der Waals surface area (Å²) in [5.74, 6) is -0.444. The second kappa shape index (κ2) is 7.59. The van der Waals surface area contributed by atoms with Crippen molar-refractivity contribution in [1.82, 2.24) is 9.88 Å². The summed E-state index contributed by atoms with van der Waals surface area (Å²) in [4.78, 5) is 20.2. The van der Waals surface area contributed by atoms with E-state index in [-0.39, 0.29) is 23.9 Å². The van der Waals surface area contributed by atoms with Gasteiger partial charge >= 0.3 is 0 Å². The maximum Gasteiger partial charge on any atom is 0.274 e. The standard InChI is InChI=1S/C18H22FN3O2S/c1-11-21-16(17(25-11)12-5-7-13(19)8-6-12)18(23)22-9-3-4-15(24-2)14(22)10-20/h5-8,14-15H,3-4,9-10,20H2,1-2H3. The number of ether oxygens (including phenoxy) is 1. The van der Waals surface area contributed by atoms with Gasteiger partial charge in [0.2, 0.25) is 0 Å². The van der Waals surface area contributed by atoms with E-state index in [1.807, 2.05) is 6.92 Å². The van der Waals surface area contributed by atoms with Crippen LogP contribution >= 0.6 is 11.3 Å². The van der Waals surface area contributed by atoms with E-state index in [1.54, 1.807) is 24.1 Å². The van der Waals surface area contributed by atoms with Crippen molar-refractivity contribution in [2.75, 3.05) is 20.2 Å². The molecule has 1 saturated heterocycles. The smallest absolute Gasteiger partial charge is 0.274 e. The van der Waals surface area contributed by atoms with Crippen LogP contribution in [0.4, 0.5) is 4.39 Å². The van der Waals surface area contributed by atoms with Gasteiger partial charge in [-0.05, 0) is 37.5 Å². The summed E-state index contributed by atoms with van der Waals surface area (Å²) >= 11 is 1.44. The largest absolute Gasteiger partial charge is 0.379 e. The third-order valence-corrected chi connectivity index (χ3v) is 5.59. The fourth-order valence-electron chi connectivity index (χ4n) is 3.33. The number of methoxy groups -OCH3 is 1. The average Bonchev–Trinajstić information content (AvgIpc) is 3.02. The van der Waals surface area contributed by atoms with Crippen LogP contribution in [0.5, 0.6) is 0 Å². The minimum absolute atomic E-state index is 0.0586. The van der Waals surface area contributed by atoms with Crippen molar-refractivity contribution in [3.63, 3.8) is 0 Å². The van der Waals surface area contributed by atoms with Crippen molar-refractivity contribution in [3.8, 4) is 10.4 Å². The molecule has 1 aliphatic rings. The molecule has 5 nitrogen and oxygen atoms in total. The van der Waals surface area contributed by atoms with Crippen molar-refractivity contribution < 1.29 is 13.9 Å². The Hall–Kier alpha value is -1.83. The molecule has 1 amide bonds. The molecule has 1 aliphatic heterocycles. The van der Waals surface area contributed by atoms with Crippen molar-refractivity contribution in [2.24, 2.45) is 5.73 Å². The number of rotatable bonds is 4. The molecule has 2 N–H and O–H groups in total. The van der Waals surface area contributed by atoms with Crippen LogP contribution in [-0.4, -0.2) is 48.1 Å². The molecule has 3 rings (SSSR count). The van der Waals surface area contributed by atoms with Crippen LogP contribution in [-0.2, 0) is 4.74 Å². The third kappa shape index (κ3) is 3.58. The number of aryl methyl sites for hydroxylation is 1. The molecular formula is C18H22FN3O2S. The van der Waals surface area contributed by atoms with Crippen LogP contribution in [0.1, 0.15) is 28.3 Å². The monoisotopic (exact) mass is 363 g/mol. The zero-order chi connectivity index (χ0) is 18.0. The van der Waals surface area contributed by atoms with E-state index in [0.29, 0.717) is 18.8 Å². The van der Waals surface area contributed by atoms with E-state index in [4.69, 9.17) is 10.5 Å². The Morgan fingerprint density at radius 1 is 1.44 bits per heavy atom. The topological polar surface area (TPSA) is 68.5 Å². The first-order valence-electron chi connectivity index (χ1n) is 8.32. The van der Waals surface area contributed by atoms with Gasteiger partial charge in [0.15, 0.2) is 0 Å². The average molecular weight is 363 g/mol. The van der Waals surface area contributed by atoms with Gasteiger partial charge in [-0.1, -0.05) is 12.1 Å². The molecule has 0 aliphatic carbocycles. The molecule has 1 aromatic heterocycles. The van der Waals surface area contributed by atoms with Gasteiger partial charge in [0, 0.05) is 20.2 Å². The minimum atomic E-state index is -0.306. The summed E-state index contributed by atoms with van der Waals surface area (Å²) in [6, 6.07) is 5.97. The van der Waals surface area contributed by atoms with E-state index in [0.717, 1.165) is 28.3 Å². The molecule has 2 unspecified atom stereocenters. The second-order valence-corrected chi connectivity index (χ2v) is 7.34. The number of benzene rings is 1. The molecule has 2 heterocycles. The molecular weight excluding hydrogens is 341 g/mol. The lowest BCUT2D eigenvalue weighted by Crippen LogP contribution is -2.55. The number of carbonyl (C=O) groups excluding carboxylic acids is 1. The fraction of sp³-hybridized carbons (Fsp3) is 0.444.